The lowest BCUT2D eigenvalue weighted by molar-refractivity contribution is -0.158. The molecule has 0 amide bonds. The van der Waals surface area contributed by atoms with Crippen LogP contribution in [0.5, 0.6) is 0 Å². The first kappa shape index (κ1) is 34.4. The van der Waals surface area contributed by atoms with Crippen molar-refractivity contribution in [2.24, 2.45) is 11.8 Å². The fourth-order valence-corrected chi connectivity index (χ4v) is 9.12. The standard InChI is InChI=1S/C30H53NO7Si3/c1-20(21(2)36-39(3,4)5)28-27(35-28)18-26-30(38-41(9,10)11)29(37-40(6,7)8)22(19-34-26)16-23(32)17-25(33)24-14-12-13-15-31-24/h12-15,20-22,26-30H,16-19H2,1-11H3/t20-,21+,22+,26+,27+,28+,29-,30-/m1/s1. The molecule has 2 aliphatic rings. The van der Waals surface area contributed by atoms with Crippen LogP contribution in [0.3, 0.4) is 0 Å². The first-order chi connectivity index (χ1) is 18.8. The first-order valence-corrected chi connectivity index (χ1v) is 25.3. The number of carbonyl (C=O) groups is 2. The zero-order chi connectivity index (χ0) is 30.8. The quantitative estimate of drug-likeness (QED) is 0.100. The van der Waals surface area contributed by atoms with Gasteiger partial charge in [-0.25, -0.2) is 0 Å². The molecule has 3 rings (SSSR count). The number of ether oxygens (including phenoxy) is 2. The molecule has 8 nitrogen and oxygen atoms in total. The Labute approximate surface area is 250 Å². The van der Waals surface area contributed by atoms with Crippen LogP contribution in [0.15, 0.2) is 24.4 Å². The normalized spacial score (nSPS) is 28.7. The van der Waals surface area contributed by atoms with Gasteiger partial charge < -0.3 is 22.8 Å². The number of ketones is 2. The van der Waals surface area contributed by atoms with E-state index in [-0.39, 0.29) is 72.9 Å². The summed E-state index contributed by atoms with van der Waals surface area (Å²) in [6.07, 6.45) is 1.87. The summed E-state index contributed by atoms with van der Waals surface area (Å²) in [4.78, 5) is 29.9. The first-order valence-electron chi connectivity index (χ1n) is 15.1. The van der Waals surface area contributed by atoms with Gasteiger partial charge in [-0.15, -0.1) is 0 Å². The Hall–Kier alpha value is -1.06. The monoisotopic (exact) mass is 623 g/mol. The smallest absolute Gasteiger partial charge is 0.188 e. The number of epoxide rings is 1. The minimum Gasteiger partial charge on any atom is -0.415 e. The van der Waals surface area contributed by atoms with Crippen LogP contribution < -0.4 is 0 Å². The fourth-order valence-electron chi connectivity index (χ4n) is 5.55. The van der Waals surface area contributed by atoms with Crippen molar-refractivity contribution in [3.63, 3.8) is 0 Å². The highest BCUT2D eigenvalue weighted by atomic mass is 28.4. The van der Waals surface area contributed by atoms with Crippen LogP contribution in [0.4, 0.5) is 0 Å². The molecule has 0 bridgehead atoms. The van der Waals surface area contributed by atoms with Crippen molar-refractivity contribution in [2.45, 2.75) is 129 Å². The van der Waals surface area contributed by atoms with Gasteiger partial charge in [0.2, 0.25) is 0 Å². The SMILES string of the molecule is C[C@@H]([C@@H]1O[C@H]1C[C@@H]1OC[C@H](CC(=O)CC(=O)c2ccccn2)[C@@H](O[Si](C)(C)C)[C@@H]1O[Si](C)(C)C)[C@H](C)O[Si](C)(C)C. The summed E-state index contributed by atoms with van der Waals surface area (Å²) in [6.45, 7) is 24.4. The molecule has 0 saturated carbocycles. The minimum atomic E-state index is -2.01. The number of Topliss-reactive ketones (excluding diaryl/α,β-unsaturated/α-hetero) is 2. The lowest BCUT2D eigenvalue weighted by Crippen LogP contribution is -2.58. The number of carbonyl (C=O) groups excluding carboxylic acids is 2. The molecule has 0 aliphatic carbocycles. The molecule has 2 saturated heterocycles. The zero-order valence-corrected chi connectivity index (χ0v) is 30.1. The predicted octanol–water partition coefficient (Wildman–Crippen LogP) is 6.10. The highest BCUT2D eigenvalue weighted by Crippen LogP contribution is 2.40. The van der Waals surface area contributed by atoms with Crippen molar-refractivity contribution >= 4 is 36.5 Å². The van der Waals surface area contributed by atoms with Crippen molar-refractivity contribution in [1.29, 1.82) is 0 Å². The van der Waals surface area contributed by atoms with E-state index in [1.54, 1.807) is 24.4 Å². The summed E-state index contributed by atoms with van der Waals surface area (Å²) in [6, 6.07) is 5.15. The fraction of sp³-hybridized carbons (Fsp3) is 0.767. The maximum atomic E-state index is 13.1. The van der Waals surface area contributed by atoms with E-state index in [1.807, 2.05) is 0 Å². The highest BCUT2D eigenvalue weighted by molar-refractivity contribution is 6.70. The lowest BCUT2D eigenvalue weighted by atomic mass is 9.85. The number of hydrogen-bond acceptors (Lipinski definition) is 8. The molecule has 41 heavy (non-hydrogen) atoms. The largest absolute Gasteiger partial charge is 0.415 e. The van der Waals surface area contributed by atoms with Crippen molar-refractivity contribution in [2.75, 3.05) is 6.61 Å². The van der Waals surface area contributed by atoms with Crippen LogP contribution >= 0.6 is 0 Å². The number of pyridine rings is 1. The van der Waals surface area contributed by atoms with Gasteiger partial charge in [-0.05, 0) is 78.0 Å². The van der Waals surface area contributed by atoms with Crippen molar-refractivity contribution in [1.82, 2.24) is 4.98 Å². The molecular formula is C30H53NO7Si3. The number of aromatic nitrogens is 1. The average Bonchev–Trinajstić information content (AvgIpc) is 3.59. The summed E-state index contributed by atoms with van der Waals surface area (Å²) in [5, 5.41) is 0. The Balaban J connectivity index is 1.74. The van der Waals surface area contributed by atoms with Gasteiger partial charge in [0.1, 0.15) is 11.5 Å². The molecule has 2 aliphatic heterocycles. The number of hydrogen-bond donors (Lipinski definition) is 0. The summed E-state index contributed by atoms with van der Waals surface area (Å²) >= 11 is 0. The van der Waals surface area contributed by atoms with Crippen LogP contribution in [0.1, 0.15) is 43.6 Å². The molecule has 0 radical (unpaired) electrons. The van der Waals surface area contributed by atoms with Gasteiger partial charge in [0.25, 0.3) is 0 Å². The van der Waals surface area contributed by atoms with Crippen LogP contribution in [0, 0.1) is 11.8 Å². The van der Waals surface area contributed by atoms with Gasteiger partial charge in [0, 0.05) is 37.0 Å². The Morgan fingerprint density at radius 1 is 0.927 bits per heavy atom. The topological polar surface area (TPSA) is 96.5 Å². The van der Waals surface area contributed by atoms with E-state index in [9.17, 15) is 9.59 Å². The predicted molar refractivity (Wildman–Crippen MR) is 169 cm³/mol. The Morgan fingerprint density at radius 2 is 1.56 bits per heavy atom. The maximum absolute atomic E-state index is 13.1. The zero-order valence-electron chi connectivity index (χ0n) is 27.1. The van der Waals surface area contributed by atoms with Gasteiger partial charge in [0.15, 0.2) is 30.7 Å². The number of nitrogens with zero attached hydrogens (tertiary/aromatic N) is 1. The second-order valence-electron chi connectivity index (χ2n) is 14.7. The molecule has 3 heterocycles. The molecule has 8 atom stereocenters. The maximum Gasteiger partial charge on any atom is 0.188 e. The van der Waals surface area contributed by atoms with Crippen LogP contribution in [-0.4, -0.2) is 84.7 Å². The third-order valence-electron chi connectivity index (χ3n) is 7.34. The van der Waals surface area contributed by atoms with Crippen molar-refractivity contribution in [3.8, 4) is 0 Å². The number of rotatable bonds is 15. The van der Waals surface area contributed by atoms with E-state index in [0.29, 0.717) is 18.7 Å². The van der Waals surface area contributed by atoms with E-state index in [0.717, 1.165) is 0 Å². The molecule has 1 aromatic rings. The average molecular weight is 624 g/mol. The summed E-state index contributed by atoms with van der Waals surface area (Å²) < 4.78 is 32.6. The van der Waals surface area contributed by atoms with Gasteiger partial charge in [0.05, 0.1) is 43.5 Å². The molecular weight excluding hydrogens is 571 g/mol. The van der Waals surface area contributed by atoms with Gasteiger partial charge in [-0.3, -0.25) is 14.6 Å². The summed E-state index contributed by atoms with van der Waals surface area (Å²) in [5.41, 5.74) is 0.313. The molecule has 11 heteroatoms. The third kappa shape index (κ3) is 11.2. The Morgan fingerprint density at radius 3 is 2.12 bits per heavy atom. The van der Waals surface area contributed by atoms with Gasteiger partial charge in [-0.1, -0.05) is 13.0 Å². The van der Waals surface area contributed by atoms with Crippen LogP contribution in [-0.2, 0) is 27.5 Å². The summed E-state index contributed by atoms with van der Waals surface area (Å²) in [7, 11) is -5.67. The molecule has 1 aromatic heterocycles. The second kappa shape index (κ2) is 13.7. The Kier molecular flexibility index (Phi) is 11.5. The van der Waals surface area contributed by atoms with Crippen LogP contribution in [0.25, 0.3) is 0 Å². The third-order valence-corrected chi connectivity index (χ3v) is 10.4. The molecule has 2 fully saturated rings. The van der Waals surface area contributed by atoms with Gasteiger partial charge in [-0.2, -0.15) is 0 Å². The lowest BCUT2D eigenvalue weighted by Gasteiger charge is -2.47. The molecule has 0 spiro atoms. The van der Waals surface area contributed by atoms with Gasteiger partial charge >= 0.3 is 0 Å². The van der Waals surface area contributed by atoms with E-state index < -0.39 is 25.0 Å². The molecule has 0 unspecified atom stereocenters. The molecule has 0 N–H and O–H groups in total. The van der Waals surface area contributed by atoms with E-state index in [1.165, 1.54) is 0 Å². The van der Waals surface area contributed by atoms with Crippen LogP contribution in [0.2, 0.25) is 58.9 Å². The second-order valence-corrected chi connectivity index (χ2v) is 28.1. The van der Waals surface area contributed by atoms with Crippen molar-refractivity contribution in [3.05, 3.63) is 30.1 Å². The summed E-state index contributed by atoms with van der Waals surface area (Å²) in [5.74, 6) is -0.299. The molecule has 232 valence electrons. The minimum absolute atomic E-state index is 0.0807. The van der Waals surface area contributed by atoms with E-state index in [2.05, 4.69) is 77.8 Å². The Bertz CT molecular complexity index is 1020. The van der Waals surface area contributed by atoms with Crippen molar-refractivity contribution < 1.29 is 32.3 Å². The van der Waals surface area contributed by atoms with E-state index in [4.69, 9.17) is 22.8 Å². The van der Waals surface area contributed by atoms with E-state index >= 15 is 0 Å². The highest BCUT2D eigenvalue weighted by Gasteiger charge is 2.51. The molecule has 0 aromatic carbocycles.